The second-order valence-electron chi connectivity index (χ2n) is 7.41. The highest BCUT2D eigenvalue weighted by Gasteiger charge is 2.43. The summed E-state index contributed by atoms with van der Waals surface area (Å²) in [4.78, 5) is 26.5. The van der Waals surface area contributed by atoms with Gasteiger partial charge >= 0.3 is 5.97 Å². The quantitative estimate of drug-likeness (QED) is 0.831. The van der Waals surface area contributed by atoms with Crippen LogP contribution < -0.4 is 5.32 Å². The van der Waals surface area contributed by atoms with Gasteiger partial charge in [0, 0.05) is 10.8 Å². The van der Waals surface area contributed by atoms with Gasteiger partial charge in [0.15, 0.2) is 0 Å². The molecule has 3 aliphatic carbocycles. The van der Waals surface area contributed by atoms with Crippen molar-refractivity contribution in [2.45, 2.75) is 58.3 Å². The second kappa shape index (κ2) is 6.51. The summed E-state index contributed by atoms with van der Waals surface area (Å²) in [5.74, 6) is 1.27. The van der Waals surface area contributed by atoms with Crippen LogP contribution in [0.3, 0.4) is 0 Å². The number of hydrogen-bond donors (Lipinski definition) is 1. The van der Waals surface area contributed by atoms with E-state index in [1.54, 1.807) is 11.3 Å². The Balaban J connectivity index is 1.58. The van der Waals surface area contributed by atoms with Crippen LogP contribution in [0.4, 0.5) is 5.00 Å². The van der Waals surface area contributed by atoms with Crippen LogP contribution in [-0.2, 0) is 22.4 Å². The lowest BCUT2D eigenvalue weighted by atomic mass is 9.88. The molecule has 4 rings (SSSR count). The van der Waals surface area contributed by atoms with Gasteiger partial charge in [-0.1, -0.05) is 6.42 Å². The number of carbonyl (C=O) groups is 2. The van der Waals surface area contributed by atoms with Gasteiger partial charge in [0.2, 0.25) is 5.91 Å². The lowest BCUT2D eigenvalue weighted by Gasteiger charge is -2.20. The average molecular weight is 347 g/mol. The number of nitrogens with one attached hydrogen (secondary N) is 1. The number of rotatable bonds is 4. The number of carbonyl (C=O) groups excluding carboxylic acids is 2. The van der Waals surface area contributed by atoms with Crippen LogP contribution in [0.5, 0.6) is 0 Å². The molecule has 1 aromatic heterocycles. The number of fused-ring (bicyclic) bond motifs is 3. The Hall–Kier alpha value is -1.36. The minimum atomic E-state index is -0.278. The van der Waals surface area contributed by atoms with Gasteiger partial charge in [-0.3, -0.25) is 4.79 Å². The average Bonchev–Trinajstić information content (AvgIpc) is 3.28. The van der Waals surface area contributed by atoms with E-state index in [4.69, 9.17) is 4.74 Å². The molecule has 1 heterocycles. The molecule has 0 aliphatic heterocycles. The van der Waals surface area contributed by atoms with E-state index in [1.165, 1.54) is 24.1 Å². The van der Waals surface area contributed by atoms with Crippen LogP contribution in [-0.4, -0.2) is 18.5 Å². The summed E-state index contributed by atoms with van der Waals surface area (Å²) in [5, 5.41) is 3.84. The molecule has 24 heavy (non-hydrogen) atoms. The molecule has 0 spiro atoms. The van der Waals surface area contributed by atoms with E-state index < -0.39 is 0 Å². The first-order valence-corrected chi connectivity index (χ1v) is 10.1. The van der Waals surface area contributed by atoms with Gasteiger partial charge in [0.1, 0.15) is 5.00 Å². The van der Waals surface area contributed by atoms with Crippen LogP contribution in [0.1, 0.15) is 66.2 Å². The Morgan fingerprint density at radius 2 is 2.04 bits per heavy atom. The molecule has 1 aromatic rings. The van der Waals surface area contributed by atoms with Crippen LogP contribution in [0, 0.1) is 17.8 Å². The maximum absolute atomic E-state index is 12.8. The van der Waals surface area contributed by atoms with Gasteiger partial charge in [0.25, 0.3) is 0 Å². The fourth-order valence-corrected chi connectivity index (χ4v) is 6.12. The van der Waals surface area contributed by atoms with Crippen LogP contribution in [0.15, 0.2) is 0 Å². The molecular weight excluding hydrogens is 322 g/mol. The fraction of sp³-hybridized carbons (Fsp3) is 0.684. The van der Waals surface area contributed by atoms with Crippen molar-refractivity contribution in [1.29, 1.82) is 0 Å². The largest absolute Gasteiger partial charge is 0.462 e. The topological polar surface area (TPSA) is 55.4 Å². The van der Waals surface area contributed by atoms with Crippen LogP contribution in [0.25, 0.3) is 0 Å². The van der Waals surface area contributed by atoms with Gasteiger partial charge in [0.05, 0.1) is 12.2 Å². The van der Waals surface area contributed by atoms with Gasteiger partial charge in [-0.15, -0.1) is 11.3 Å². The second-order valence-corrected chi connectivity index (χ2v) is 8.51. The van der Waals surface area contributed by atoms with E-state index >= 15 is 0 Å². The Morgan fingerprint density at radius 3 is 2.75 bits per heavy atom. The number of anilines is 1. The van der Waals surface area contributed by atoms with E-state index in [2.05, 4.69) is 5.32 Å². The molecule has 2 bridgehead atoms. The molecule has 0 radical (unpaired) electrons. The van der Waals surface area contributed by atoms with E-state index in [0.29, 0.717) is 18.1 Å². The number of aryl methyl sites for hydroxylation is 1. The summed E-state index contributed by atoms with van der Waals surface area (Å²) in [6.45, 7) is 2.19. The highest BCUT2D eigenvalue weighted by molar-refractivity contribution is 7.17. The zero-order valence-electron chi connectivity index (χ0n) is 14.2. The third kappa shape index (κ3) is 2.77. The minimum absolute atomic E-state index is 0.117. The first-order valence-electron chi connectivity index (χ1n) is 9.30. The number of esters is 1. The predicted molar refractivity (Wildman–Crippen MR) is 94.5 cm³/mol. The van der Waals surface area contributed by atoms with Gasteiger partial charge in [-0.05, 0) is 69.3 Å². The normalized spacial score (nSPS) is 27.8. The monoisotopic (exact) mass is 347 g/mol. The lowest BCUT2D eigenvalue weighted by Crippen LogP contribution is -2.27. The van der Waals surface area contributed by atoms with Crippen molar-refractivity contribution in [3.63, 3.8) is 0 Å². The maximum atomic E-state index is 12.8. The molecule has 5 heteroatoms. The molecule has 0 saturated heterocycles. The summed E-state index contributed by atoms with van der Waals surface area (Å²) in [5.41, 5.74) is 1.75. The van der Waals surface area contributed by atoms with Crippen molar-refractivity contribution in [2.24, 2.45) is 17.8 Å². The SMILES string of the molecule is CCOC(=O)c1c(NC(=O)[C@H]2C[C@H]3CC[C@H]2C3)sc2c1CCCC2. The van der Waals surface area contributed by atoms with Gasteiger partial charge in [-0.2, -0.15) is 0 Å². The van der Waals surface area contributed by atoms with Crippen LogP contribution in [0.2, 0.25) is 0 Å². The molecule has 0 aromatic carbocycles. The highest BCUT2D eigenvalue weighted by Crippen LogP contribution is 2.49. The molecule has 2 saturated carbocycles. The molecule has 3 atom stereocenters. The van der Waals surface area contributed by atoms with Crippen molar-refractivity contribution >= 4 is 28.2 Å². The van der Waals surface area contributed by atoms with Crippen molar-refractivity contribution in [3.8, 4) is 0 Å². The third-order valence-corrected chi connectivity index (χ3v) is 7.17. The standard InChI is InChI=1S/C19H25NO3S/c1-2-23-19(22)16-13-5-3-4-6-15(13)24-18(16)20-17(21)14-10-11-7-8-12(14)9-11/h11-12,14H,2-10H2,1H3,(H,20,21)/t11-,12-,14-/m0/s1. The predicted octanol–water partition coefficient (Wildman–Crippen LogP) is 4.18. The highest BCUT2D eigenvalue weighted by atomic mass is 32.1. The van der Waals surface area contributed by atoms with E-state index in [0.717, 1.165) is 48.6 Å². The first kappa shape index (κ1) is 16.1. The summed E-state index contributed by atoms with van der Waals surface area (Å²) in [6.07, 6.45) is 8.91. The Bertz CT molecular complexity index is 666. The van der Waals surface area contributed by atoms with Crippen LogP contribution >= 0.6 is 11.3 Å². The zero-order valence-corrected chi connectivity index (χ0v) is 15.0. The van der Waals surface area contributed by atoms with Gasteiger partial charge < -0.3 is 10.1 Å². The summed E-state index contributed by atoms with van der Waals surface area (Å²) in [7, 11) is 0. The van der Waals surface area contributed by atoms with Crippen molar-refractivity contribution < 1.29 is 14.3 Å². The molecule has 1 amide bonds. The smallest absolute Gasteiger partial charge is 0.341 e. The Morgan fingerprint density at radius 1 is 1.21 bits per heavy atom. The summed E-state index contributed by atoms with van der Waals surface area (Å²) in [6, 6.07) is 0. The van der Waals surface area contributed by atoms with Crippen molar-refractivity contribution in [2.75, 3.05) is 11.9 Å². The number of hydrogen-bond acceptors (Lipinski definition) is 4. The number of thiophene rings is 1. The first-order chi connectivity index (χ1) is 11.7. The minimum Gasteiger partial charge on any atom is -0.462 e. The Labute approximate surface area is 147 Å². The molecule has 4 nitrogen and oxygen atoms in total. The number of ether oxygens (including phenoxy) is 1. The molecule has 3 aliphatic rings. The molecular formula is C19H25NO3S. The van der Waals surface area contributed by atoms with Gasteiger partial charge in [-0.25, -0.2) is 4.79 Å². The zero-order chi connectivity index (χ0) is 16.7. The van der Waals surface area contributed by atoms with E-state index in [1.807, 2.05) is 6.92 Å². The van der Waals surface area contributed by atoms with Crippen molar-refractivity contribution in [1.82, 2.24) is 0 Å². The van der Waals surface area contributed by atoms with Crippen molar-refractivity contribution in [3.05, 3.63) is 16.0 Å². The third-order valence-electron chi connectivity index (χ3n) is 5.96. The number of amides is 1. The molecule has 1 N–H and O–H groups in total. The maximum Gasteiger partial charge on any atom is 0.341 e. The van der Waals surface area contributed by atoms with E-state index in [9.17, 15) is 9.59 Å². The summed E-state index contributed by atoms with van der Waals surface area (Å²) < 4.78 is 5.27. The molecule has 130 valence electrons. The van der Waals surface area contributed by atoms with E-state index in [-0.39, 0.29) is 17.8 Å². The molecule has 2 fully saturated rings. The lowest BCUT2D eigenvalue weighted by molar-refractivity contribution is -0.121. The Kier molecular flexibility index (Phi) is 4.37. The molecule has 0 unspecified atom stereocenters. The fourth-order valence-electron chi connectivity index (χ4n) is 4.84. The summed E-state index contributed by atoms with van der Waals surface area (Å²) >= 11 is 1.59.